The second kappa shape index (κ2) is 6.50. The number of carbonyl (C=O) groups excluding carboxylic acids is 1. The maximum Gasteiger partial charge on any atom is 0.279 e. The predicted octanol–water partition coefficient (Wildman–Crippen LogP) is 1.71. The van der Waals surface area contributed by atoms with Crippen molar-refractivity contribution in [1.82, 2.24) is 0 Å². The molecule has 0 bridgehead atoms. The van der Waals surface area contributed by atoms with E-state index in [0.717, 1.165) is 17.8 Å². The number of likely N-dealkylation sites (N-methyl/N-ethyl adjacent to an activating group) is 1. The van der Waals surface area contributed by atoms with Gasteiger partial charge in [-0.05, 0) is 35.4 Å². The van der Waals surface area contributed by atoms with Gasteiger partial charge in [0.2, 0.25) is 0 Å². The SMILES string of the molecule is Cc1ccccc1NC(=O)C[NH+](C)Cc1ccsc1. The van der Waals surface area contributed by atoms with Crippen molar-refractivity contribution in [2.45, 2.75) is 13.5 Å². The molecule has 0 aliphatic rings. The zero-order chi connectivity index (χ0) is 13.7. The van der Waals surface area contributed by atoms with Crippen LogP contribution in [0, 0.1) is 6.92 Å². The molecule has 1 aromatic carbocycles. The molecule has 1 unspecified atom stereocenters. The summed E-state index contributed by atoms with van der Waals surface area (Å²) in [7, 11) is 2.04. The molecule has 1 heterocycles. The van der Waals surface area contributed by atoms with E-state index in [1.165, 1.54) is 10.5 Å². The van der Waals surface area contributed by atoms with Crippen LogP contribution < -0.4 is 10.2 Å². The lowest BCUT2D eigenvalue weighted by atomic mass is 10.2. The van der Waals surface area contributed by atoms with Crippen LogP contribution in [-0.2, 0) is 11.3 Å². The van der Waals surface area contributed by atoms with Crippen LogP contribution in [0.2, 0.25) is 0 Å². The van der Waals surface area contributed by atoms with Crippen LogP contribution in [0.4, 0.5) is 5.69 Å². The number of para-hydroxylation sites is 1. The summed E-state index contributed by atoms with van der Waals surface area (Å²) in [6.45, 7) is 3.35. The molecule has 0 aliphatic carbocycles. The molecule has 0 aliphatic heterocycles. The first-order valence-electron chi connectivity index (χ1n) is 6.33. The molecule has 0 fully saturated rings. The molecule has 2 N–H and O–H groups in total. The van der Waals surface area contributed by atoms with Crippen LogP contribution in [0.5, 0.6) is 0 Å². The molecule has 4 heteroatoms. The monoisotopic (exact) mass is 275 g/mol. The summed E-state index contributed by atoms with van der Waals surface area (Å²) in [5.41, 5.74) is 3.27. The third-order valence-electron chi connectivity index (χ3n) is 2.97. The number of carbonyl (C=O) groups is 1. The van der Waals surface area contributed by atoms with Gasteiger partial charge in [0.05, 0.1) is 7.05 Å². The number of hydrogen-bond acceptors (Lipinski definition) is 2. The van der Waals surface area contributed by atoms with Crippen molar-refractivity contribution in [2.75, 3.05) is 18.9 Å². The van der Waals surface area contributed by atoms with Crippen LogP contribution >= 0.6 is 11.3 Å². The van der Waals surface area contributed by atoms with Gasteiger partial charge in [0, 0.05) is 11.3 Å². The van der Waals surface area contributed by atoms with Crippen LogP contribution in [0.3, 0.4) is 0 Å². The summed E-state index contributed by atoms with van der Waals surface area (Å²) in [5, 5.41) is 7.16. The van der Waals surface area contributed by atoms with Gasteiger partial charge in [-0.1, -0.05) is 18.2 Å². The molecule has 2 aromatic rings. The molecule has 1 amide bonds. The number of aryl methyl sites for hydroxylation is 1. The van der Waals surface area contributed by atoms with Crippen LogP contribution in [-0.4, -0.2) is 19.5 Å². The highest BCUT2D eigenvalue weighted by Gasteiger charge is 2.11. The topological polar surface area (TPSA) is 33.5 Å². The summed E-state index contributed by atoms with van der Waals surface area (Å²) in [4.78, 5) is 13.2. The molecule has 0 radical (unpaired) electrons. The standard InChI is InChI=1S/C15H18N2OS/c1-12-5-3-4-6-14(12)16-15(18)10-17(2)9-13-7-8-19-11-13/h3-8,11H,9-10H2,1-2H3,(H,16,18)/p+1. The molecule has 1 atom stereocenters. The Hall–Kier alpha value is -1.65. The van der Waals surface area contributed by atoms with Crippen LogP contribution in [0.25, 0.3) is 0 Å². The molecule has 100 valence electrons. The fourth-order valence-electron chi connectivity index (χ4n) is 1.99. The van der Waals surface area contributed by atoms with E-state index in [1.54, 1.807) is 11.3 Å². The highest BCUT2D eigenvalue weighted by Crippen LogP contribution is 2.12. The highest BCUT2D eigenvalue weighted by molar-refractivity contribution is 7.07. The first kappa shape index (κ1) is 13.8. The lowest BCUT2D eigenvalue weighted by molar-refractivity contribution is -0.885. The zero-order valence-corrected chi connectivity index (χ0v) is 12.1. The lowest BCUT2D eigenvalue weighted by Crippen LogP contribution is -3.08. The van der Waals surface area contributed by atoms with Crippen molar-refractivity contribution >= 4 is 22.9 Å². The Kier molecular flexibility index (Phi) is 4.71. The fraction of sp³-hybridized carbons (Fsp3) is 0.267. The molecule has 1 aromatic heterocycles. The number of thiophene rings is 1. The molecule has 3 nitrogen and oxygen atoms in total. The third-order valence-corrected chi connectivity index (χ3v) is 3.70. The number of rotatable bonds is 5. The Morgan fingerprint density at radius 2 is 2.11 bits per heavy atom. The highest BCUT2D eigenvalue weighted by atomic mass is 32.1. The number of nitrogens with one attached hydrogen (secondary N) is 2. The minimum atomic E-state index is 0.0574. The zero-order valence-electron chi connectivity index (χ0n) is 11.3. The minimum absolute atomic E-state index is 0.0574. The second-order valence-electron chi connectivity index (χ2n) is 4.81. The summed E-state index contributed by atoms with van der Waals surface area (Å²) in [5.74, 6) is 0.0574. The number of amides is 1. The van der Waals surface area contributed by atoms with Crippen molar-refractivity contribution in [3.63, 3.8) is 0 Å². The quantitative estimate of drug-likeness (QED) is 0.856. The largest absolute Gasteiger partial charge is 0.326 e. The Balaban J connectivity index is 1.86. The van der Waals surface area contributed by atoms with E-state index >= 15 is 0 Å². The average molecular weight is 275 g/mol. The van der Waals surface area contributed by atoms with Crippen molar-refractivity contribution in [1.29, 1.82) is 0 Å². The molecule has 0 saturated heterocycles. The first-order chi connectivity index (χ1) is 9.15. The van der Waals surface area contributed by atoms with Crippen molar-refractivity contribution in [3.8, 4) is 0 Å². The molecule has 19 heavy (non-hydrogen) atoms. The fourth-order valence-corrected chi connectivity index (χ4v) is 2.65. The molecule has 0 spiro atoms. The molecule has 0 saturated carbocycles. The van der Waals surface area contributed by atoms with Gasteiger partial charge in [0.25, 0.3) is 5.91 Å². The van der Waals surface area contributed by atoms with E-state index in [-0.39, 0.29) is 5.91 Å². The molecular formula is C15H19N2OS+. The maximum atomic E-state index is 12.0. The predicted molar refractivity (Wildman–Crippen MR) is 79.6 cm³/mol. The van der Waals surface area contributed by atoms with Crippen LogP contribution in [0.15, 0.2) is 41.1 Å². The van der Waals surface area contributed by atoms with Gasteiger partial charge in [0.15, 0.2) is 6.54 Å². The smallest absolute Gasteiger partial charge is 0.279 e. The lowest BCUT2D eigenvalue weighted by Gasteiger charge is -2.13. The van der Waals surface area contributed by atoms with Crippen molar-refractivity contribution in [2.24, 2.45) is 0 Å². The molecular weight excluding hydrogens is 256 g/mol. The Morgan fingerprint density at radius 1 is 1.32 bits per heavy atom. The van der Waals surface area contributed by atoms with Crippen molar-refractivity contribution < 1.29 is 9.69 Å². The normalized spacial score (nSPS) is 12.1. The van der Waals surface area contributed by atoms with E-state index < -0.39 is 0 Å². The number of hydrogen-bond donors (Lipinski definition) is 2. The van der Waals surface area contributed by atoms with Gasteiger partial charge in [-0.2, -0.15) is 11.3 Å². The first-order valence-corrected chi connectivity index (χ1v) is 7.27. The third kappa shape index (κ3) is 4.19. The van der Waals surface area contributed by atoms with Gasteiger partial charge in [-0.3, -0.25) is 4.79 Å². The van der Waals surface area contributed by atoms with Crippen LogP contribution in [0.1, 0.15) is 11.1 Å². The van der Waals surface area contributed by atoms with Gasteiger partial charge in [0.1, 0.15) is 6.54 Å². The van der Waals surface area contributed by atoms with E-state index in [2.05, 4.69) is 22.1 Å². The van der Waals surface area contributed by atoms with Gasteiger partial charge in [-0.25, -0.2) is 0 Å². The van der Waals surface area contributed by atoms with Gasteiger partial charge >= 0.3 is 0 Å². The number of quaternary nitrogens is 1. The van der Waals surface area contributed by atoms with Gasteiger partial charge in [-0.15, -0.1) is 0 Å². The summed E-state index contributed by atoms with van der Waals surface area (Å²) < 4.78 is 0. The van der Waals surface area contributed by atoms with Gasteiger partial charge < -0.3 is 10.2 Å². The average Bonchev–Trinajstić information content (AvgIpc) is 2.84. The Labute approximate surface area is 117 Å². The number of benzene rings is 1. The van der Waals surface area contributed by atoms with E-state index in [0.29, 0.717) is 6.54 Å². The van der Waals surface area contributed by atoms with E-state index in [1.807, 2.05) is 38.2 Å². The molecule has 2 rings (SSSR count). The summed E-state index contributed by atoms with van der Waals surface area (Å²) >= 11 is 1.69. The Morgan fingerprint density at radius 3 is 2.79 bits per heavy atom. The summed E-state index contributed by atoms with van der Waals surface area (Å²) in [6, 6.07) is 9.94. The minimum Gasteiger partial charge on any atom is -0.326 e. The maximum absolute atomic E-state index is 12.0. The van der Waals surface area contributed by atoms with Crippen molar-refractivity contribution in [3.05, 3.63) is 52.2 Å². The second-order valence-corrected chi connectivity index (χ2v) is 5.59. The van der Waals surface area contributed by atoms with E-state index in [9.17, 15) is 4.79 Å². The van der Waals surface area contributed by atoms with E-state index in [4.69, 9.17) is 0 Å². The summed E-state index contributed by atoms with van der Waals surface area (Å²) in [6.07, 6.45) is 0. The Bertz CT molecular complexity index is 537. The number of anilines is 1.